The molecule has 0 amide bonds. The van der Waals surface area contributed by atoms with Crippen molar-refractivity contribution in [2.75, 3.05) is 7.11 Å². The third kappa shape index (κ3) is 2.06. The Morgan fingerprint density at radius 1 is 1.38 bits per heavy atom. The monoisotopic (exact) mass is 282 g/mol. The van der Waals surface area contributed by atoms with Gasteiger partial charge in [-0.25, -0.2) is 0 Å². The van der Waals surface area contributed by atoms with Gasteiger partial charge in [-0.15, -0.1) is 0 Å². The van der Waals surface area contributed by atoms with E-state index in [0.29, 0.717) is 12.8 Å². The van der Waals surface area contributed by atoms with Crippen LogP contribution in [-0.2, 0) is 15.1 Å². The second kappa shape index (κ2) is 4.68. The molecule has 0 saturated heterocycles. The quantitative estimate of drug-likeness (QED) is 0.780. The summed E-state index contributed by atoms with van der Waals surface area (Å²) in [7, 11) is 1.72. The number of alkyl halides is 1. The molecule has 86 valence electrons. The van der Waals surface area contributed by atoms with E-state index < -0.39 is 0 Å². The summed E-state index contributed by atoms with van der Waals surface area (Å²) < 4.78 is 5.70. The average molecular weight is 283 g/mol. The van der Waals surface area contributed by atoms with Gasteiger partial charge >= 0.3 is 0 Å². The third-order valence-electron chi connectivity index (χ3n) is 3.32. The zero-order valence-corrected chi connectivity index (χ0v) is 10.9. The molecule has 1 aromatic carbocycles. The molecule has 0 spiro atoms. The lowest BCUT2D eigenvalue weighted by Gasteiger charge is -2.38. The molecule has 1 fully saturated rings. The van der Waals surface area contributed by atoms with Gasteiger partial charge in [0, 0.05) is 20.0 Å². The maximum absolute atomic E-state index is 11.5. The van der Waals surface area contributed by atoms with Crippen molar-refractivity contribution < 1.29 is 9.53 Å². The number of ether oxygens (including phenoxy) is 1. The van der Waals surface area contributed by atoms with Crippen molar-refractivity contribution in [1.82, 2.24) is 0 Å². The van der Waals surface area contributed by atoms with E-state index in [4.69, 9.17) is 4.74 Å². The Labute approximate surface area is 104 Å². The van der Waals surface area contributed by atoms with Gasteiger partial charge in [-0.2, -0.15) is 0 Å². The molecule has 16 heavy (non-hydrogen) atoms. The predicted octanol–water partition coefficient (Wildman–Crippen LogP) is 3.04. The number of halogens is 1. The number of Topliss-reactive ketones (excluding diaryl/α,β-unsaturated/α-hetero) is 1. The topological polar surface area (TPSA) is 26.3 Å². The smallest absolute Gasteiger partial charge is 0.146 e. The lowest BCUT2D eigenvalue weighted by molar-refractivity contribution is -0.126. The lowest BCUT2D eigenvalue weighted by Crippen LogP contribution is -2.39. The Kier molecular flexibility index (Phi) is 3.45. The summed E-state index contributed by atoms with van der Waals surface area (Å²) in [6, 6.07) is 10.1. The summed E-state index contributed by atoms with van der Waals surface area (Å²) in [5, 5.41) is 0. The Balaban J connectivity index is 2.30. The maximum atomic E-state index is 11.5. The van der Waals surface area contributed by atoms with Crippen LogP contribution in [0, 0.1) is 0 Å². The highest BCUT2D eigenvalue weighted by molar-refractivity contribution is 9.10. The van der Waals surface area contributed by atoms with Crippen LogP contribution in [-0.4, -0.2) is 17.7 Å². The number of hydrogen-bond acceptors (Lipinski definition) is 2. The Hall–Kier alpha value is -0.670. The van der Waals surface area contributed by atoms with E-state index in [1.54, 1.807) is 7.11 Å². The van der Waals surface area contributed by atoms with Gasteiger partial charge in [-0.1, -0.05) is 46.3 Å². The first-order valence-corrected chi connectivity index (χ1v) is 6.37. The molecular weight excluding hydrogens is 268 g/mol. The minimum atomic E-state index is -0.302. The molecule has 3 heteroatoms. The Morgan fingerprint density at radius 3 is 2.62 bits per heavy atom. The zero-order valence-electron chi connectivity index (χ0n) is 9.28. The second-order valence-corrected chi connectivity index (χ2v) is 5.31. The first-order chi connectivity index (χ1) is 7.68. The van der Waals surface area contributed by atoms with Crippen LogP contribution < -0.4 is 0 Å². The molecule has 0 aliphatic heterocycles. The molecule has 1 saturated carbocycles. The number of methoxy groups -OCH3 is 1. The van der Waals surface area contributed by atoms with Crippen molar-refractivity contribution in [2.45, 2.75) is 29.7 Å². The van der Waals surface area contributed by atoms with E-state index in [9.17, 15) is 4.79 Å². The largest absolute Gasteiger partial charge is 0.373 e. The molecule has 2 atom stereocenters. The normalized spacial score (nSPS) is 30.4. The summed E-state index contributed by atoms with van der Waals surface area (Å²) >= 11 is 3.44. The van der Waals surface area contributed by atoms with E-state index >= 15 is 0 Å². The molecule has 0 aromatic heterocycles. The minimum absolute atomic E-state index is 0.0820. The number of hydrogen-bond donors (Lipinski definition) is 0. The first-order valence-electron chi connectivity index (χ1n) is 5.45. The molecular formula is C13H15BrO2. The fourth-order valence-corrected chi connectivity index (χ4v) is 3.05. The standard InChI is InChI=1S/C13H15BrO2/c1-16-13(10-5-3-2-4-6-10)8-7-12(15)11(14)9-13/h2-6,11H,7-9H2,1H3. The zero-order chi connectivity index (χ0) is 11.6. The van der Waals surface area contributed by atoms with Crippen molar-refractivity contribution in [3.05, 3.63) is 35.9 Å². The molecule has 1 aliphatic rings. The molecule has 0 radical (unpaired) electrons. The Bertz CT molecular complexity index is 377. The van der Waals surface area contributed by atoms with Crippen LogP contribution >= 0.6 is 15.9 Å². The highest BCUT2D eigenvalue weighted by Gasteiger charge is 2.40. The van der Waals surface area contributed by atoms with Crippen LogP contribution in [0.3, 0.4) is 0 Å². The van der Waals surface area contributed by atoms with Gasteiger partial charge in [-0.05, 0) is 12.0 Å². The molecule has 1 aliphatic carbocycles. The van der Waals surface area contributed by atoms with Crippen LogP contribution in [0.15, 0.2) is 30.3 Å². The number of carbonyl (C=O) groups excluding carboxylic acids is 1. The van der Waals surface area contributed by atoms with E-state index in [1.165, 1.54) is 0 Å². The van der Waals surface area contributed by atoms with Crippen LogP contribution in [0.2, 0.25) is 0 Å². The van der Waals surface area contributed by atoms with Crippen molar-refractivity contribution in [1.29, 1.82) is 0 Å². The number of carbonyl (C=O) groups is 1. The number of ketones is 1. The van der Waals surface area contributed by atoms with Gasteiger partial charge in [0.05, 0.1) is 10.4 Å². The van der Waals surface area contributed by atoms with E-state index in [2.05, 4.69) is 28.1 Å². The van der Waals surface area contributed by atoms with Crippen molar-refractivity contribution in [2.24, 2.45) is 0 Å². The molecule has 2 rings (SSSR count). The maximum Gasteiger partial charge on any atom is 0.146 e. The van der Waals surface area contributed by atoms with Crippen LogP contribution in [0.25, 0.3) is 0 Å². The predicted molar refractivity (Wildman–Crippen MR) is 66.7 cm³/mol. The first kappa shape index (κ1) is 11.8. The van der Waals surface area contributed by atoms with Gasteiger partial charge in [0.15, 0.2) is 0 Å². The van der Waals surface area contributed by atoms with Gasteiger partial charge in [-0.3, -0.25) is 4.79 Å². The SMILES string of the molecule is COC1(c2ccccc2)CCC(=O)C(Br)C1. The highest BCUT2D eigenvalue weighted by atomic mass is 79.9. The van der Waals surface area contributed by atoms with Gasteiger partial charge < -0.3 is 4.74 Å². The molecule has 0 bridgehead atoms. The lowest BCUT2D eigenvalue weighted by atomic mass is 9.79. The highest BCUT2D eigenvalue weighted by Crippen LogP contribution is 2.40. The number of rotatable bonds is 2. The fraction of sp³-hybridized carbons (Fsp3) is 0.462. The number of benzene rings is 1. The summed E-state index contributed by atoms with van der Waals surface area (Å²) in [5.41, 5.74) is 0.859. The molecule has 0 heterocycles. The van der Waals surface area contributed by atoms with Crippen molar-refractivity contribution in [3.63, 3.8) is 0 Å². The van der Waals surface area contributed by atoms with E-state index in [-0.39, 0.29) is 16.2 Å². The van der Waals surface area contributed by atoms with Gasteiger partial charge in [0.1, 0.15) is 5.78 Å². The van der Waals surface area contributed by atoms with Gasteiger partial charge in [0.25, 0.3) is 0 Å². The third-order valence-corrected chi connectivity index (χ3v) is 4.16. The average Bonchev–Trinajstić information content (AvgIpc) is 2.34. The van der Waals surface area contributed by atoms with Crippen molar-refractivity contribution in [3.8, 4) is 0 Å². The Morgan fingerprint density at radius 2 is 2.06 bits per heavy atom. The summed E-state index contributed by atoms with van der Waals surface area (Å²) in [6.45, 7) is 0. The van der Waals surface area contributed by atoms with Gasteiger partial charge in [0.2, 0.25) is 0 Å². The van der Waals surface area contributed by atoms with E-state index in [1.807, 2.05) is 18.2 Å². The minimum Gasteiger partial charge on any atom is -0.373 e. The molecule has 0 N–H and O–H groups in total. The summed E-state index contributed by atoms with van der Waals surface area (Å²) in [6.07, 6.45) is 2.07. The molecule has 2 unspecified atom stereocenters. The molecule has 1 aromatic rings. The summed E-state index contributed by atoms with van der Waals surface area (Å²) in [4.78, 5) is 11.4. The van der Waals surface area contributed by atoms with Crippen molar-refractivity contribution >= 4 is 21.7 Å². The molecule has 2 nitrogen and oxygen atoms in total. The van der Waals surface area contributed by atoms with Crippen LogP contribution in [0.4, 0.5) is 0 Å². The summed E-state index contributed by atoms with van der Waals surface area (Å²) in [5.74, 6) is 0.281. The second-order valence-electron chi connectivity index (χ2n) is 4.20. The van der Waals surface area contributed by atoms with E-state index in [0.717, 1.165) is 12.0 Å². The van der Waals surface area contributed by atoms with Crippen LogP contribution in [0.5, 0.6) is 0 Å². The van der Waals surface area contributed by atoms with Crippen LogP contribution in [0.1, 0.15) is 24.8 Å². The fourth-order valence-electron chi connectivity index (χ4n) is 2.29.